The van der Waals surface area contributed by atoms with E-state index in [-0.39, 0.29) is 6.04 Å². The summed E-state index contributed by atoms with van der Waals surface area (Å²) in [5.74, 6) is 1.17. The third-order valence-electron chi connectivity index (χ3n) is 3.24. The van der Waals surface area contributed by atoms with Crippen molar-refractivity contribution < 1.29 is 0 Å². The Labute approximate surface area is 87.2 Å². The molecule has 0 bridgehead atoms. The molecule has 3 heteroatoms. The van der Waals surface area contributed by atoms with Gasteiger partial charge in [-0.05, 0) is 44.7 Å². The summed E-state index contributed by atoms with van der Waals surface area (Å²) in [5, 5.41) is 7.55. The van der Waals surface area contributed by atoms with Gasteiger partial charge in [-0.3, -0.25) is 10.3 Å². The smallest absolute Gasteiger partial charge is 0.108 e. The second kappa shape index (κ2) is 5.35. The van der Waals surface area contributed by atoms with Crippen LogP contribution in [0, 0.1) is 11.3 Å². The van der Waals surface area contributed by atoms with Gasteiger partial charge in [0.2, 0.25) is 0 Å². The Bertz CT molecular complexity index is 191. The molecule has 1 heterocycles. The molecule has 1 aliphatic rings. The molecule has 0 radical (unpaired) electrons. The molecule has 0 amide bonds. The first-order valence-corrected chi connectivity index (χ1v) is 5.73. The van der Waals surface area contributed by atoms with E-state index < -0.39 is 0 Å². The van der Waals surface area contributed by atoms with Crippen LogP contribution >= 0.6 is 0 Å². The number of likely N-dealkylation sites (tertiary alicyclic amines) is 1. The molecule has 3 nitrogen and oxygen atoms in total. The Balaban J connectivity index is 2.53. The molecule has 0 aromatic heterocycles. The second-order valence-electron chi connectivity index (χ2n) is 4.45. The van der Waals surface area contributed by atoms with E-state index in [1.807, 2.05) is 0 Å². The standard InChI is InChI=1S/C11H23N3/c1-3-10(11(12)13)14-7-4-5-9(2)6-8-14/h9-10H,3-8H2,1-2H3,(H3,12,13). The fraction of sp³-hybridized carbons (Fsp3) is 0.909. The highest BCUT2D eigenvalue weighted by Crippen LogP contribution is 2.18. The summed E-state index contributed by atoms with van der Waals surface area (Å²) in [6, 6.07) is 0.181. The summed E-state index contributed by atoms with van der Waals surface area (Å²) in [5.41, 5.74) is 5.61. The Morgan fingerprint density at radius 1 is 1.50 bits per heavy atom. The highest BCUT2D eigenvalue weighted by atomic mass is 15.2. The molecule has 0 aromatic carbocycles. The van der Waals surface area contributed by atoms with E-state index in [2.05, 4.69) is 18.7 Å². The number of rotatable bonds is 3. The quantitative estimate of drug-likeness (QED) is 0.535. The highest BCUT2D eigenvalue weighted by molar-refractivity contribution is 5.82. The predicted molar refractivity (Wildman–Crippen MR) is 60.6 cm³/mol. The zero-order valence-electron chi connectivity index (χ0n) is 9.42. The summed E-state index contributed by atoms with van der Waals surface area (Å²) in [6.45, 7) is 6.65. The Hall–Kier alpha value is -0.570. The summed E-state index contributed by atoms with van der Waals surface area (Å²) in [4.78, 5) is 2.38. The van der Waals surface area contributed by atoms with Crippen molar-refractivity contribution in [3.05, 3.63) is 0 Å². The third kappa shape index (κ3) is 2.98. The SMILES string of the molecule is CCC(C(=N)N)N1CCCC(C)CC1. The van der Waals surface area contributed by atoms with E-state index in [9.17, 15) is 0 Å². The fourth-order valence-electron chi connectivity index (χ4n) is 2.27. The van der Waals surface area contributed by atoms with Crippen LogP contribution in [0.15, 0.2) is 0 Å². The molecule has 1 aliphatic heterocycles. The van der Waals surface area contributed by atoms with Gasteiger partial charge in [0.25, 0.3) is 0 Å². The zero-order chi connectivity index (χ0) is 10.6. The molecular formula is C11H23N3. The number of nitrogens with one attached hydrogen (secondary N) is 1. The van der Waals surface area contributed by atoms with Gasteiger partial charge in [0.1, 0.15) is 5.84 Å². The lowest BCUT2D eigenvalue weighted by molar-refractivity contribution is 0.242. The summed E-state index contributed by atoms with van der Waals surface area (Å²) < 4.78 is 0. The maximum atomic E-state index is 7.55. The lowest BCUT2D eigenvalue weighted by Crippen LogP contribution is -2.44. The summed E-state index contributed by atoms with van der Waals surface area (Å²) >= 11 is 0. The maximum absolute atomic E-state index is 7.55. The van der Waals surface area contributed by atoms with Gasteiger partial charge in [-0.1, -0.05) is 13.8 Å². The largest absolute Gasteiger partial charge is 0.386 e. The van der Waals surface area contributed by atoms with Crippen molar-refractivity contribution in [1.82, 2.24) is 4.90 Å². The average Bonchev–Trinajstić information content (AvgIpc) is 2.32. The molecule has 0 saturated carbocycles. The van der Waals surface area contributed by atoms with Gasteiger partial charge in [-0.15, -0.1) is 0 Å². The lowest BCUT2D eigenvalue weighted by atomic mass is 10.0. The van der Waals surface area contributed by atoms with Gasteiger partial charge < -0.3 is 5.73 Å². The predicted octanol–water partition coefficient (Wildman–Crippen LogP) is 1.82. The molecule has 1 rings (SSSR count). The first-order chi connectivity index (χ1) is 6.65. The van der Waals surface area contributed by atoms with Crippen LogP contribution < -0.4 is 5.73 Å². The van der Waals surface area contributed by atoms with Gasteiger partial charge in [0, 0.05) is 0 Å². The van der Waals surface area contributed by atoms with E-state index in [1.165, 1.54) is 19.3 Å². The monoisotopic (exact) mass is 197 g/mol. The van der Waals surface area contributed by atoms with Crippen LogP contribution in [0.4, 0.5) is 0 Å². The van der Waals surface area contributed by atoms with Gasteiger partial charge in [-0.2, -0.15) is 0 Å². The molecular weight excluding hydrogens is 174 g/mol. The zero-order valence-corrected chi connectivity index (χ0v) is 9.42. The molecule has 0 aromatic rings. The molecule has 1 fully saturated rings. The molecule has 2 unspecified atom stereocenters. The van der Waals surface area contributed by atoms with Gasteiger partial charge in [0.05, 0.1) is 6.04 Å². The minimum Gasteiger partial charge on any atom is -0.386 e. The van der Waals surface area contributed by atoms with Crippen molar-refractivity contribution in [1.29, 1.82) is 5.41 Å². The maximum Gasteiger partial charge on any atom is 0.108 e. The first-order valence-electron chi connectivity index (χ1n) is 5.73. The highest BCUT2D eigenvalue weighted by Gasteiger charge is 2.21. The minimum absolute atomic E-state index is 0.181. The van der Waals surface area contributed by atoms with E-state index in [0.717, 1.165) is 25.4 Å². The van der Waals surface area contributed by atoms with Crippen LogP contribution in [0.2, 0.25) is 0 Å². The normalized spacial score (nSPS) is 26.9. The van der Waals surface area contributed by atoms with Crippen molar-refractivity contribution >= 4 is 5.84 Å². The van der Waals surface area contributed by atoms with Crippen LogP contribution in [0.5, 0.6) is 0 Å². The van der Waals surface area contributed by atoms with Gasteiger partial charge in [-0.25, -0.2) is 0 Å². The molecule has 1 saturated heterocycles. The van der Waals surface area contributed by atoms with Crippen molar-refractivity contribution in [2.24, 2.45) is 11.7 Å². The average molecular weight is 197 g/mol. The molecule has 14 heavy (non-hydrogen) atoms. The van der Waals surface area contributed by atoms with E-state index >= 15 is 0 Å². The molecule has 0 aliphatic carbocycles. The molecule has 3 N–H and O–H groups in total. The number of nitrogens with two attached hydrogens (primary N) is 1. The van der Waals surface area contributed by atoms with E-state index in [1.54, 1.807) is 0 Å². The lowest BCUT2D eigenvalue weighted by Gasteiger charge is -2.28. The Morgan fingerprint density at radius 3 is 2.79 bits per heavy atom. The second-order valence-corrected chi connectivity index (χ2v) is 4.45. The van der Waals surface area contributed by atoms with Crippen molar-refractivity contribution in [3.8, 4) is 0 Å². The fourth-order valence-corrected chi connectivity index (χ4v) is 2.27. The van der Waals surface area contributed by atoms with E-state index in [4.69, 9.17) is 11.1 Å². The van der Waals surface area contributed by atoms with E-state index in [0.29, 0.717) is 5.84 Å². The molecule has 0 spiro atoms. The first kappa shape index (κ1) is 11.5. The topological polar surface area (TPSA) is 53.1 Å². The van der Waals surface area contributed by atoms with Crippen LogP contribution in [-0.4, -0.2) is 29.9 Å². The van der Waals surface area contributed by atoms with Crippen LogP contribution in [-0.2, 0) is 0 Å². The number of amidine groups is 1. The Morgan fingerprint density at radius 2 is 2.21 bits per heavy atom. The summed E-state index contributed by atoms with van der Waals surface area (Å²) in [6.07, 6.45) is 4.79. The van der Waals surface area contributed by atoms with Gasteiger partial charge >= 0.3 is 0 Å². The van der Waals surface area contributed by atoms with Crippen LogP contribution in [0.1, 0.15) is 39.5 Å². The minimum atomic E-state index is 0.181. The van der Waals surface area contributed by atoms with Crippen LogP contribution in [0.3, 0.4) is 0 Å². The van der Waals surface area contributed by atoms with Crippen LogP contribution in [0.25, 0.3) is 0 Å². The Kier molecular flexibility index (Phi) is 4.39. The number of hydrogen-bond acceptors (Lipinski definition) is 2. The van der Waals surface area contributed by atoms with Crippen molar-refractivity contribution in [2.75, 3.05) is 13.1 Å². The molecule has 2 atom stereocenters. The number of hydrogen-bond donors (Lipinski definition) is 2. The molecule has 82 valence electrons. The van der Waals surface area contributed by atoms with Crippen molar-refractivity contribution in [2.45, 2.75) is 45.6 Å². The number of nitrogens with zero attached hydrogens (tertiary/aromatic N) is 1. The third-order valence-corrected chi connectivity index (χ3v) is 3.24. The van der Waals surface area contributed by atoms with Crippen molar-refractivity contribution in [3.63, 3.8) is 0 Å². The summed E-state index contributed by atoms with van der Waals surface area (Å²) in [7, 11) is 0. The van der Waals surface area contributed by atoms with Gasteiger partial charge in [0.15, 0.2) is 0 Å².